The molecule has 2 amide bonds. The smallest absolute Gasteiger partial charge is 0.230 e. The van der Waals surface area contributed by atoms with Crippen LogP contribution in [0.25, 0.3) is 0 Å². The molecule has 0 heterocycles. The van der Waals surface area contributed by atoms with E-state index < -0.39 is 0 Å². The molecule has 2 atom stereocenters. The summed E-state index contributed by atoms with van der Waals surface area (Å²) < 4.78 is 0. The van der Waals surface area contributed by atoms with Crippen LogP contribution in [0.4, 0.5) is 0 Å². The highest BCUT2D eigenvalue weighted by atomic mass is 16.2. The molecular weight excluding hydrogens is 312 g/mol. The summed E-state index contributed by atoms with van der Waals surface area (Å²) in [7, 11) is 0. The second-order valence-electron chi connectivity index (χ2n) is 8.12. The lowest BCUT2D eigenvalue weighted by Gasteiger charge is -2.42. The zero-order valence-corrected chi connectivity index (χ0v) is 14.8. The second kappa shape index (κ2) is 6.81. The van der Waals surface area contributed by atoms with Gasteiger partial charge in [0.1, 0.15) is 0 Å². The van der Waals surface area contributed by atoms with E-state index in [-0.39, 0.29) is 29.2 Å². The van der Waals surface area contributed by atoms with Crippen LogP contribution in [0.15, 0.2) is 30.3 Å². The highest BCUT2D eigenvalue weighted by Crippen LogP contribution is 2.44. The van der Waals surface area contributed by atoms with E-state index in [1.165, 1.54) is 0 Å². The van der Waals surface area contributed by atoms with Crippen LogP contribution >= 0.6 is 0 Å². The van der Waals surface area contributed by atoms with Crippen molar-refractivity contribution in [3.8, 4) is 0 Å². The molecule has 0 radical (unpaired) electrons. The quantitative estimate of drug-likeness (QED) is 0.865. The fourth-order valence-electron chi connectivity index (χ4n) is 4.36. The lowest BCUT2D eigenvalue weighted by Crippen LogP contribution is -2.53. The largest absolute Gasteiger partial charge is 0.353 e. The summed E-state index contributed by atoms with van der Waals surface area (Å²) in [6.07, 6.45) is 8.97. The van der Waals surface area contributed by atoms with Crippen molar-refractivity contribution in [3.63, 3.8) is 0 Å². The summed E-state index contributed by atoms with van der Waals surface area (Å²) in [5, 5.41) is 6.42. The molecule has 25 heavy (non-hydrogen) atoms. The number of amides is 2. The lowest BCUT2D eigenvalue weighted by atomic mass is 9.63. The summed E-state index contributed by atoms with van der Waals surface area (Å²) in [6.45, 7) is 0. The van der Waals surface area contributed by atoms with Gasteiger partial charge in [-0.15, -0.1) is 0 Å². The van der Waals surface area contributed by atoms with Gasteiger partial charge in [0.15, 0.2) is 0 Å². The molecule has 4 rings (SSSR count). The number of nitrogens with one attached hydrogen (secondary N) is 2. The van der Waals surface area contributed by atoms with Gasteiger partial charge in [-0.2, -0.15) is 0 Å². The van der Waals surface area contributed by atoms with Gasteiger partial charge in [0.2, 0.25) is 11.8 Å². The predicted octanol–water partition coefficient (Wildman–Crippen LogP) is 3.06. The lowest BCUT2D eigenvalue weighted by molar-refractivity contribution is -0.132. The molecule has 4 heteroatoms. The summed E-state index contributed by atoms with van der Waals surface area (Å²) in [6, 6.07) is 10.7. The Morgan fingerprint density at radius 3 is 2.28 bits per heavy atom. The molecule has 3 saturated carbocycles. The van der Waals surface area contributed by atoms with Crippen LogP contribution in [0, 0.1) is 5.92 Å². The molecule has 0 spiro atoms. The molecule has 0 bridgehead atoms. The Morgan fingerprint density at radius 1 is 0.880 bits per heavy atom. The molecule has 1 aromatic carbocycles. The molecule has 0 unspecified atom stereocenters. The van der Waals surface area contributed by atoms with Gasteiger partial charge in [-0.05, 0) is 50.5 Å². The maximum atomic E-state index is 13.1. The van der Waals surface area contributed by atoms with Crippen LogP contribution < -0.4 is 10.6 Å². The maximum Gasteiger partial charge on any atom is 0.230 e. The Bertz CT molecular complexity index is 635. The SMILES string of the molecule is O=C(NC1CC1)[C@@H]1CCC[C@H](NC(=O)C2(c3ccccc3)CCC2)C1. The first-order valence-electron chi connectivity index (χ1n) is 9.84. The van der Waals surface area contributed by atoms with Crippen molar-refractivity contribution in [1.29, 1.82) is 0 Å². The minimum atomic E-state index is -0.343. The molecular formula is C21H28N2O2. The molecule has 3 aliphatic carbocycles. The number of hydrogen-bond donors (Lipinski definition) is 2. The summed E-state index contributed by atoms with van der Waals surface area (Å²) in [4.78, 5) is 25.4. The van der Waals surface area contributed by atoms with E-state index in [4.69, 9.17) is 0 Å². The first kappa shape index (κ1) is 16.6. The Kier molecular flexibility index (Phi) is 4.53. The van der Waals surface area contributed by atoms with Crippen LogP contribution in [0.2, 0.25) is 0 Å². The molecule has 4 nitrogen and oxygen atoms in total. The number of benzene rings is 1. The molecule has 2 N–H and O–H groups in total. The van der Waals surface area contributed by atoms with Crippen LogP contribution in [-0.4, -0.2) is 23.9 Å². The molecule has 0 saturated heterocycles. The Hall–Kier alpha value is -1.84. The van der Waals surface area contributed by atoms with Crippen molar-refractivity contribution in [2.75, 3.05) is 0 Å². The number of hydrogen-bond acceptors (Lipinski definition) is 2. The first-order chi connectivity index (χ1) is 12.2. The predicted molar refractivity (Wildman–Crippen MR) is 97.0 cm³/mol. The maximum absolute atomic E-state index is 13.1. The summed E-state index contributed by atoms with van der Waals surface area (Å²) in [5.74, 6) is 0.426. The van der Waals surface area contributed by atoms with Gasteiger partial charge in [0, 0.05) is 18.0 Å². The molecule has 134 valence electrons. The fourth-order valence-corrected chi connectivity index (χ4v) is 4.36. The minimum Gasteiger partial charge on any atom is -0.353 e. The standard InChI is InChI=1S/C21H28N2O2/c24-19(22-17-10-11-17)15-6-4-9-18(14-15)23-20(25)21(12-5-13-21)16-7-2-1-3-8-16/h1-3,7-8,15,17-18H,4-6,9-14H2,(H,22,24)(H,23,25)/t15-,18+/m1/s1. The fraction of sp³-hybridized carbons (Fsp3) is 0.619. The zero-order chi connectivity index (χ0) is 17.3. The van der Waals surface area contributed by atoms with E-state index >= 15 is 0 Å². The van der Waals surface area contributed by atoms with E-state index in [1.54, 1.807) is 0 Å². The second-order valence-corrected chi connectivity index (χ2v) is 8.12. The molecule has 0 aliphatic heterocycles. The third-order valence-electron chi connectivity index (χ3n) is 6.27. The number of rotatable bonds is 5. The molecule has 3 fully saturated rings. The average Bonchev–Trinajstić information content (AvgIpc) is 3.39. The van der Waals surface area contributed by atoms with E-state index in [0.717, 1.165) is 63.4 Å². The van der Waals surface area contributed by atoms with Crippen molar-refractivity contribution in [2.45, 2.75) is 75.3 Å². The monoisotopic (exact) mass is 340 g/mol. The first-order valence-corrected chi connectivity index (χ1v) is 9.84. The van der Waals surface area contributed by atoms with Gasteiger partial charge in [0.05, 0.1) is 5.41 Å². The Labute approximate surface area is 149 Å². The van der Waals surface area contributed by atoms with Gasteiger partial charge in [-0.25, -0.2) is 0 Å². The highest BCUT2D eigenvalue weighted by Gasteiger charge is 2.46. The van der Waals surface area contributed by atoms with Gasteiger partial charge in [0.25, 0.3) is 0 Å². The van der Waals surface area contributed by atoms with Gasteiger partial charge >= 0.3 is 0 Å². The summed E-state index contributed by atoms with van der Waals surface area (Å²) in [5.41, 5.74) is 0.794. The zero-order valence-electron chi connectivity index (χ0n) is 14.8. The third-order valence-corrected chi connectivity index (χ3v) is 6.27. The summed E-state index contributed by atoms with van der Waals surface area (Å²) >= 11 is 0. The van der Waals surface area contributed by atoms with Crippen molar-refractivity contribution in [2.24, 2.45) is 5.92 Å². The normalized spacial score (nSPS) is 27.8. The van der Waals surface area contributed by atoms with E-state index in [1.807, 2.05) is 18.2 Å². The Balaban J connectivity index is 1.39. The highest BCUT2D eigenvalue weighted by molar-refractivity contribution is 5.89. The van der Waals surface area contributed by atoms with Crippen LogP contribution in [0.1, 0.15) is 63.4 Å². The van der Waals surface area contributed by atoms with Crippen LogP contribution in [-0.2, 0) is 15.0 Å². The number of carbonyl (C=O) groups excluding carboxylic acids is 2. The van der Waals surface area contributed by atoms with Crippen molar-refractivity contribution in [3.05, 3.63) is 35.9 Å². The van der Waals surface area contributed by atoms with E-state index in [0.29, 0.717) is 6.04 Å². The average molecular weight is 340 g/mol. The van der Waals surface area contributed by atoms with Crippen LogP contribution in [0.5, 0.6) is 0 Å². The van der Waals surface area contributed by atoms with Gasteiger partial charge in [-0.1, -0.05) is 43.2 Å². The van der Waals surface area contributed by atoms with Crippen molar-refractivity contribution >= 4 is 11.8 Å². The van der Waals surface area contributed by atoms with Crippen molar-refractivity contribution < 1.29 is 9.59 Å². The van der Waals surface area contributed by atoms with E-state index in [2.05, 4.69) is 22.8 Å². The van der Waals surface area contributed by atoms with Crippen LogP contribution in [0.3, 0.4) is 0 Å². The molecule has 3 aliphatic rings. The van der Waals surface area contributed by atoms with E-state index in [9.17, 15) is 9.59 Å². The third kappa shape index (κ3) is 3.44. The van der Waals surface area contributed by atoms with Gasteiger partial charge in [-0.3, -0.25) is 9.59 Å². The molecule has 0 aromatic heterocycles. The topological polar surface area (TPSA) is 58.2 Å². The molecule has 1 aromatic rings. The minimum absolute atomic E-state index is 0.0636. The number of carbonyl (C=O) groups is 2. The van der Waals surface area contributed by atoms with Gasteiger partial charge < -0.3 is 10.6 Å². The van der Waals surface area contributed by atoms with Crippen molar-refractivity contribution in [1.82, 2.24) is 10.6 Å². The Morgan fingerprint density at radius 2 is 1.64 bits per heavy atom.